The fourth-order valence-electron chi connectivity index (χ4n) is 2.60. The summed E-state index contributed by atoms with van der Waals surface area (Å²) in [7, 11) is -0.368. The van der Waals surface area contributed by atoms with Crippen molar-refractivity contribution in [2.75, 3.05) is 13.1 Å². The molecule has 2 fully saturated rings. The van der Waals surface area contributed by atoms with Crippen LogP contribution in [-0.4, -0.2) is 36.4 Å². The third-order valence-electron chi connectivity index (χ3n) is 4.88. The van der Waals surface area contributed by atoms with Crippen LogP contribution in [0.25, 0.3) is 0 Å². The number of nitrogens with zero attached hydrogens (tertiary/aromatic N) is 1. The Bertz CT molecular complexity index is 511. The van der Waals surface area contributed by atoms with Gasteiger partial charge in [-0.2, -0.15) is 0 Å². The predicted molar refractivity (Wildman–Crippen MR) is 80.3 cm³/mol. The van der Waals surface area contributed by atoms with Crippen molar-refractivity contribution in [2.45, 2.75) is 51.7 Å². The summed E-state index contributed by atoms with van der Waals surface area (Å²) in [6.45, 7) is 12.5. The molecule has 2 saturated heterocycles. The highest BCUT2D eigenvalue weighted by Crippen LogP contribution is 2.36. The lowest BCUT2D eigenvalue weighted by Gasteiger charge is -2.32. The number of pyridine rings is 1. The molecule has 1 aromatic heterocycles. The van der Waals surface area contributed by atoms with Gasteiger partial charge in [-0.3, -0.25) is 4.98 Å². The Hall–Kier alpha value is -0.905. The summed E-state index contributed by atoms with van der Waals surface area (Å²) in [5, 5.41) is 3.32. The average Bonchev–Trinajstić information content (AvgIpc) is 2.49. The summed E-state index contributed by atoms with van der Waals surface area (Å²) < 4.78 is 12.2. The molecule has 2 aliphatic rings. The Labute approximate surface area is 121 Å². The van der Waals surface area contributed by atoms with Gasteiger partial charge in [0.25, 0.3) is 0 Å². The van der Waals surface area contributed by atoms with Gasteiger partial charge in [0, 0.05) is 25.2 Å². The number of nitrogens with one attached hydrogen (secondary N) is 1. The zero-order valence-corrected chi connectivity index (χ0v) is 13.0. The average molecular weight is 274 g/mol. The summed E-state index contributed by atoms with van der Waals surface area (Å²) >= 11 is 0. The van der Waals surface area contributed by atoms with Crippen LogP contribution in [0.4, 0.5) is 0 Å². The van der Waals surface area contributed by atoms with Crippen LogP contribution in [0.3, 0.4) is 0 Å². The first-order valence-electron chi connectivity index (χ1n) is 7.33. The molecule has 0 amide bonds. The van der Waals surface area contributed by atoms with Crippen LogP contribution >= 0.6 is 0 Å². The van der Waals surface area contributed by atoms with Gasteiger partial charge in [-0.1, -0.05) is 0 Å². The quantitative estimate of drug-likeness (QED) is 0.827. The summed E-state index contributed by atoms with van der Waals surface area (Å²) in [5.41, 5.74) is 2.86. The van der Waals surface area contributed by atoms with Gasteiger partial charge in [-0.15, -0.1) is 0 Å². The van der Waals surface area contributed by atoms with Crippen molar-refractivity contribution in [1.82, 2.24) is 10.3 Å². The maximum atomic E-state index is 6.08. The van der Waals surface area contributed by atoms with Gasteiger partial charge in [0.1, 0.15) is 0 Å². The second-order valence-corrected chi connectivity index (χ2v) is 6.91. The Morgan fingerprint density at radius 1 is 1.20 bits per heavy atom. The second-order valence-electron chi connectivity index (χ2n) is 6.91. The topological polar surface area (TPSA) is 43.4 Å². The largest absolute Gasteiger partial charge is 0.514 e. The lowest BCUT2D eigenvalue weighted by Crippen LogP contribution is -2.42. The summed E-state index contributed by atoms with van der Waals surface area (Å²) in [6.07, 6.45) is 1.94. The predicted octanol–water partition coefficient (Wildman–Crippen LogP) is 1.38. The lowest BCUT2D eigenvalue weighted by atomic mass is 9.80. The van der Waals surface area contributed by atoms with Gasteiger partial charge in [-0.05, 0) is 51.8 Å². The second kappa shape index (κ2) is 4.55. The minimum absolute atomic E-state index is 0.317. The van der Waals surface area contributed by atoms with Crippen molar-refractivity contribution in [2.24, 2.45) is 0 Å². The highest BCUT2D eigenvalue weighted by molar-refractivity contribution is 6.61. The van der Waals surface area contributed by atoms with Crippen LogP contribution in [0, 0.1) is 6.92 Å². The van der Waals surface area contributed by atoms with E-state index >= 15 is 0 Å². The zero-order chi connectivity index (χ0) is 14.5. The summed E-state index contributed by atoms with van der Waals surface area (Å²) in [4.78, 5) is 4.52. The van der Waals surface area contributed by atoms with Crippen molar-refractivity contribution in [3.05, 3.63) is 23.4 Å². The highest BCUT2D eigenvalue weighted by atomic mass is 16.7. The molecule has 5 heteroatoms. The summed E-state index contributed by atoms with van der Waals surface area (Å²) in [5.74, 6) is 0.596. The maximum Gasteiger partial charge on any atom is 0.514 e. The van der Waals surface area contributed by atoms with Crippen LogP contribution < -0.4 is 10.9 Å². The molecule has 1 N–H and O–H groups in total. The Kier molecular flexibility index (Phi) is 3.20. The maximum absolute atomic E-state index is 6.08. The highest BCUT2D eigenvalue weighted by Gasteiger charge is 2.52. The monoisotopic (exact) mass is 274 g/mol. The van der Waals surface area contributed by atoms with Crippen molar-refractivity contribution in [3.63, 3.8) is 0 Å². The third kappa shape index (κ3) is 2.18. The molecular formula is C15H23BN2O2. The first-order chi connectivity index (χ1) is 9.30. The third-order valence-corrected chi connectivity index (χ3v) is 4.88. The number of aryl methyl sites for hydroxylation is 1. The lowest BCUT2D eigenvalue weighted by molar-refractivity contribution is 0.00578. The molecule has 3 heterocycles. The van der Waals surface area contributed by atoms with Crippen LogP contribution in [0.2, 0.25) is 0 Å². The molecule has 0 saturated carbocycles. The first-order valence-corrected chi connectivity index (χ1v) is 7.33. The molecule has 0 spiro atoms. The van der Waals surface area contributed by atoms with Gasteiger partial charge in [-0.25, -0.2) is 0 Å². The minimum atomic E-state index is -0.368. The molecule has 0 unspecified atom stereocenters. The molecule has 0 radical (unpaired) electrons. The van der Waals surface area contributed by atoms with E-state index in [9.17, 15) is 0 Å². The van der Waals surface area contributed by atoms with Crippen molar-refractivity contribution in [1.29, 1.82) is 0 Å². The van der Waals surface area contributed by atoms with E-state index in [1.165, 1.54) is 11.1 Å². The van der Waals surface area contributed by atoms with Crippen LogP contribution in [0.1, 0.15) is 44.7 Å². The number of rotatable bonds is 2. The Balaban J connectivity index is 1.88. The van der Waals surface area contributed by atoms with E-state index < -0.39 is 0 Å². The molecule has 0 atom stereocenters. The fraction of sp³-hybridized carbons (Fsp3) is 0.667. The van der Waals surface area contributed by atoms with E-state index in [-0.39, 0.29) is 18.3 Å². The van der Waals surface area contributed by atoms with Gasteiger partial charge in [0.15, 0.2) is 0 Å². The van der Waals surface area contributed by atoms with E-state index in [1.54, 1.807) is 0 Å². The molecule has 0 aromatic carbocycles. The van der Waals surface area contributed by atoms with Gasteiger partial charge < -0.3 is 14.6 Å². The van der Waals surface area contributed by atoms with E-state index in [4.69, 9.17) is 9.31 Å². The van der Waals surface area contributed by atoms with Gasteiger partial charge in [0.2, 0.25) is 0 Å². The van der Waals surface area contributed by atoms with Gasteiger partial charge in [0.05, 0.1) is 16.8 Å². The molecule has 4 nitrogen and oxygen atoms in total. The Morgan fingerprint density at radius 3 is 2.30 bits per heavy atom. The normalized spacial score (nSPS) is 24.8. The molecule has 20 heavy (non-hydrogen) atoms. The van der Waals surface area contributed by atoms with Crippen molar-refractivity contribution in [3.8, 4) is 0 Å². The molecule has 0 bridgehead atoms. The van der Waals surface area contributed by atoms with E-state index in [1.807, 2.05) is 6.20 Å². The molecule has 3 rings (SSSR count). The van der Waals surface area contributed by atoms with E-state index in [2.05, 4.69) is 51.0 Å². The van der Waals surface area contributed by atoms with Crippen molar-refractivity contribution < 1.29 is 9.31 Å². The number of hydrogen-bond acceptors (Lipinski definition) is 4. The number of aromatic nitrogens is 1. The van der Waals surface area contributed by atoms with E-state index in [0.717, 1.165) is 18.7 Å². The molecule has 1 aromatic rings. The SMILES string of the molecule is Cc1cnc(B2OC(C)(C)C(C)(C)O2)cc1C1CNC1. The smallest absolute Gasteiger partial charge is 0.398 e. The van der Waals surface area contributed by atoms with Crippen LogP contribution in [0.15, 0.2) is 12.3 Å². The van der Waals surface area contributed by atoms with Crippen LogP contribution in [-0.2, 0) is 9.31 Å². The fourth-order valence-corrected chi connectivity index (χ4v) is 2.60. The van der Waals surface area contributed by atoms with Crippen LogP contribution in [0.5, 0.6) is 0 Å². The van der Waals surface area contributed by atoms with E-state index in [0.29, 0.717) is 5.92 Å². The van der Waals surface area contributed by atoms with Crippen molar-refractivity contribution >= 4 is 12.7 Å². The Morgan fingerprint density at radius 2 is 1.80 bits per heavy atom. The molecule has 0 aliphatic carbocycles. The first kappa shape index (κ1) is 14.0. The standard InChI is InChI=1S/C15H23BN2O2/c1-10-7-18-13(6-12(10)11-8-17-9-11)16-19-14(2,3)15(4,5)20-16/h6-7,11,17H,8-9H2,1-5H3. The molecule has 108 valence electrons. The molecule has 2 aliphatic heterocycles. The molecular weight excluding hydrogens is 251 g/mol. The minimum Gasteiger partial charge on any atom is -0.398 e. The number of hydrogen-bond donors (Lipinski definition) is 1. The summed E-state index contributed by atoms with van der Waals surface area (Å²) in [6, 6.07) is 2.16. The van der Waals surface area contributed by atoms with Gasteiger partial charge >= 0.3 is 7.12 Å². The zero-order valence-electron chi connectivity index (χ0n) is 13.0.